The number of rotatable bonds is 4. The molecule has 0 amide bonds. The molecule has 2 rings (SSSR count). The molecule has 1 saturated heterocycles. The molecule has 0 spiro atoms. The number of likely N-dealkylation sites (N-methyl/N-ethyl adjacent to an activating group) is 1. The van der Waals surface area contributed by atoms with Crippen LogP contribution in [0.5, 0.6) is 5.75 Å². The lowest BCUT2D eigenvalue weighted by Crippen LogP contribution is -2.53. The van der Waals surface area contributed by atoms with Crippen LogP contribution in [-0.4, -0.2) is 62.7 Å². The summed E-state index contributed by atoms with van der Waals surface area (Å²) in [4.78, 5) is 4.11. The van der Waals surface area contributed by atoms with Crippen LogP contribution < -0.4 is 15.0 Å². The maximum atomic E-state index is 12.4. The van der Waals surface area contributed by atoms with Crippen molar-refractivity contribution in [2.24, 2.45) is 0 Å². The highest BCUT2D eigenvalue weighted by Crippen LogP contribution is 2.34. The smallest absolute Gasteiger partial charge is 0.404 e. The largest absolute Gasteiger partial charge is 0.573 e. The van der Waals surface area contributed by atoms with Crippen molar-refractivity contribution < 1.29 is 23.0 Å². The van der Waals surface area contributed by atoms with Crippen LogP contribution in [0.2, 0.25) is 0 Å². The third-order valence-electron chi connectivity index (χ3n) is 3.69. The number of hydrogen-bond donors (Lipinski definition) is 2. The van der Waals surface area contributed by atoms with E-state index in [4.69, 9.17) is 0 Å². The Kier molecular flexibility index (Phi) is 5.02. The summed E-state index contributed by atoms with van der Waals surface area (Å²) >= 11 is 0. The van der Waals surface area contributed by atoms with Gasteiger partial charge in [-0.1, -0.05) is 0 Å². The molecule has 2 N–H and O–H groups in total. The Morgan fingerprint density at radius 2 is 2.09 bits per heavy atom. The minimum Gasteiger partial charge on any atom is -0.404 e. The van der Waals surface area contributed by atoms with Crippen molar-refractivity contribution in [2.45, 2.75) is 12.4 Å². The minimum absolute atomic E-state index is 0.0139. The van der Waals surface area contributed by atoms with E-state index < -0.39 is 6.36 Å². The number of halogens is 3. The molecular weight excluding hydrogens is 299 g/mol. The number of hydrogen-bond acceptors (Lipinski definition) is 5. The van der Waals surface area contributed by atoms with E-state index in [1.807, 2.05) is 11.9 Å². The highest BCUT2D eigenvalue weighted by Gasteiger charge is 2.32. The average Bonchev–Trinajstić information content (AvgIpc) is 2.46. The fraction of sp³-hybridized carbons (Fsp3) is 0.571. The Labute approximate surface area is 127 Å². The molecule has 1 aliphatic heterocycles. The second-order valence-corrected chi connectivity index (χ2v) is 5.27. The van der Waals surface area contributed by atoms with Gasteiger partial charge in [-0.2, -0.15) is 0 Å². The van der Waals surface area contributed by atoms with Gasteiger partial charge in [0.25, 0.3) is 0 Å². The van der Waals surface area contributed by atoms with E-state index in [0.29, 0.717) is 13.1 Å². The maximum Gasteiger partial charge on any atom is 0.573 e. The van der Waals surface area contributed by atoms with Crippen LogP contribution in [-0.2, 0) is 0 Å². The van der Waals surface area contributed by atoms with Gasteiger partial charge in [0.2, 0.25) is 0 Å². The van der Waals surface area contributed by atoms with E-state index >= 15 is 0 Å². The standard InChI is InChI=1S/C14H20F3N3O2/c1-18-12-7-10(3-4-13(12)22-14(15,16)17)20-6-5-19(2)8-11(20)9-21/h3-4,7,11,18,21H,5-6,8-9H2,1-2H3/t11-/m1/s1. The number of nitrogens with zero attached hydrogens (tertiary/aromatic N) is 2. The normalized spacial score (nSPS) is 20.1. The van der Waals surface area contributed by atoms with Crippen LogP contribution in [0.4, 0.5) is 24.5 Å². The lowest BCUT2D eigenvalue weighted by Gasteiger charge is -2.40. The number of alkyl halides is 3. The first-order valence-electron chi connectivity index (χ1n) is 6.97. The number of nitrogens with one attached hydrogen (secondary N) is 1. The molecular formula is C14H20F3N3O2. The molecule has 1 heterocycles. The highest BCUT2D eigenvalue weighted by molar-refractivity contribution is 5.66. The molecule has 5 nitrogen and oxygen atoms in total. The molecule has 0 radical (unpaired) electrons. The third kappa shape index (κ3) is 3.95. The second kappa shape index (κ2) is 6.62. The Morgan fingerprint density at radius 1 is 1.36 bits per heavy atom. The van der Waals surface area contributed by atoms with Crippen LogP contribution in [0.3, 0.4) is 0 Å². The lowest BCUT2D eigenvalue weighted by atomic mass is 10.1. The maximum absolute atomic E-state index is 12.4. The predicted molar refractivity (Wildman–Crippen MR) is 78.4 cm³/mol. The van der Waals surface area contributed by atoms with Gasteiger partial charge in [0.1, 0.15) is 0 Å². The van der Waals surface area contributed by atoms with Crippen LogP contribution in [0.1, 0.15) is 0 Å². The van der Waals surface area contributed by atoms with E-state index in [0.717, 1.165) is 12.2 Å². The summed E-state index contributed by atoms with van der Waals surface area (Å²) in [6.07, 6.45) is -4.73. The van der Waals surface area contributed by atoms with E-state index in [1.54, 1.807) is 12.1 Å². The number of piperazine rings is 1. The van der Waals surface area contributed by atoms with Gasteiger partial charge in [-0.3, -0.25) is 0 Å². The van der Waals surface area contributed by atoms with Gasteiger partial charge in [-0.15, -0.1) is 13.2 Å². The van der Waals surface area contributed by atoms with E-state index in [-0.39, 0.29) is 24.1 Å². The number of aliphatic hydroxyl groups excluding tert-OH is 1. The molecule has 0 bridgehead atoms. The van der Waals surface area contributed by atoms with Crippen molar-refractivity contribution in [3.63, 3.8) is 0 Å². The van der Waals surface area contributed by atoms with Gasteiger partial charge in [-0.05, 0) is 25.2 Å². The monoisotopic (exact) mass is 319 g/mol. The zero-order valence-corrected chi connectivity index (χ0v) is 12.5. The number of aliphatic hydroxyl groups is 1. The molecule has 0 unspecified atom stereocenters. The predicted octanol–water partition coefficient (Wildman–Crippen LogP) is 1.74. The quantitative estimate of drug-likeness (QED) is 0.885. The van der Waals surface area contributed by atoms with Gasteiger partial charge >= 0.3 is 6.36 Å². The third-order valence-corrected chi connectivity index (χ3v) is 3.69. The number of ether oxygens (including phenoxy) is 1. The van der Waals surface area contributed by atoms with Crippen molar-refractivity contribution in [1.82, 2.24) is 4.90 Å². The first-order chi connectivity index (χ1) is 10.3. The Bertz CT molecular complexity index is 511. The van der Waals surface area contributed by atoms with E-state index in [2.05, 4.69) is 15.0 Å². The average molecular weight is 319 g/mol. The second-order valence-electron chi connectivity index (χ2n) is 5.27. The minimum atomic E-state index is -4.73. The number of anilines is 2. The molecule has 22 heavy (non-hydrogen) atoms. The summed E-state index contributed by atoms with van der Waals surface area (Å²) in [5.74, 6) is -0.270. The fourth-order valence-corrected chi connectivity index (χ4v) is 2.61. The van der Waals surface area contributed by atoms with Gasteiger partial charge < -0.3 is 25.0 Å². The van der Waals surface area contributed by atoms with Crippen LogP contribution in [0.15, 0.2) is 18.2 Å². The first kappa shape index (κ1) is 16.7. The molecule has 1 atom stereocenters. The zero-order valence-electron chi connectivity index (χ0n) is 12.5. The number of benzene rings is 1. The highest BCUT2D eigenvalue weighted by atomic mass is 19.4. The van der Waals surface area contributed by atoms with Gasteiger partial charge in [-0.25, -0.2) is 0 Å². The van der Waals surface area contributed by atoms with Crippen LogP contribution in [0, 0.1) is 0 Å². The molecule has 1 aromatic carbocycles. The summed E-state index contributed by atoms with van der Waals surface area (Å²) < 4.78 is 41.1. The summed E-state index contributed by atoms with van der Waals surface area (Å²) in [5, 5.41) is 12.2. The van der Waals surface area contributed by atoms with Crippen molar-refractivity contribution in [3.05, 3.63) is 18.2 Å². The molecule has 124 valence electrons. The summed E-state index contributed by atoms with van der Waals surface area (Å²) in [5.41, 5.74) is 1.01. The molecule has 1 aromatic rings. The Hall–Kier alpha value is -1.67. The molecule has 0 aliphatic carbocycles. The van der Waals surface area contributed by atoms with Gasteiger partial charge in [0.05, 0.1) is 18.3 Å². The van der Waals surface area contributed by atoms with Crippen molar-refractivity contribution >= 4 is 11.4 Å². The summed E-state index contributed by atoms with van der Waals surface area (Å²) in [7, 11) is 3.51. The van der Waals surface area contributed by atoms with Gasteiger partial charge in [0.15, 0.2) is 5.75 Å². The zero-order chi connectivity index (χ0) is 16.3. The Morgan fingerprint density at radius 3 is 2.68 bits per heavy atom. The van der Waals surface area contributed by atoms with Crippen molar-refractivity contribution in [1.29, 1.82) is 0 Å². The topological polar surface area (TPSA) is 48.0 Å². The summed E-state index contributed by atoms with van der Waals surface area (Å²) in [6.45, 7) is 2.21. The molecule has 0 aromatic heterocycles. The van der Waals surface area contributed by atoms with Gasteiger partial charge in [0, 0.05) is 32.4 Å². The van der Waals surface area contributed by atoms with Crippen LogP contribution in [0.25, 0.3) is 0 Å². The van der Waals surface area contributed by atoms with Crippen molar-refractivity contribution in [2.75, 3.05) is 50.6 Å². The lowest BCUT2D eigenvalue weighted by molar-refractivity contribution is -0.274. The molecule has 8 heteroatoms. The van der Waals surface area contributed by atoms with Crippen molar-refractivity contribution in [3.8, 4) is 5.75 Å². The van der Waals surface area contributed by atoms with E-state index in [9.17, 15) is 18.3 Å². The molecule has 1 aliphatic rings. The first-order valence-corrected chi connectivity index (χ1v) is 6.97. The molecule has 1 fully saturated rings. The SMILES string of the molecule is CNc1cc(N2CCN(C)C[C@@H]2CO)ccc1OC(F)(F)F. The Balaban J connectivity index is 2.25. The van der Waals surface area contributed by atoms with E-state index in [1.165, 1.54) is 13.1 Å². The summed E-state index contributed by atoms with van der Waals surface area (Å²) in [6, 6.07) is 4.39. The molecule has 0 saturated carbocycles. The fourth-order valence-electron chi connectivity index (χ4n) is 2.61. The van der Waals surface area contributed by atoms with Crippen LogP contribution >= 0.6 is 0 Å².